The first-order valence-corrected chi connectivity index (χ1v) is 7.26. The number of nitrogens with one attached hydrogen (secondary N) is 2. The molecule has 0 aliphatic carbocycles. The number of rotatable bonds is 4. The van der Waals surface area contributed by atoms with Crippen LogP contribution in [0.15, 0.2) is 23.6 Å². The molecule has 0 spiro atoms. The van der Waals surface area contributed by atoms with E-state index in [4.69, 9.17) is 0 Å². The lowest BCUT2D eigenvalue weighted by molar-refractivity contribution is -0.115. The maximum Gasteiger partial charge on any atom is 0.237 e. The molecule has 1 atom stereocenters. The molecule has 0 aliphatic heterocycles. The number of H-pyrrole nitrogens is 1. The van der Waals surface area contributed by atoms with E-state index in [1.807, 2.05) is 27.7 Å². The molecule has 2 aromatic rings. The molecule has 0 bridgehead atoms. The summed E-state index contributed by atoms with van der Waals surface area (Å²) in [4.78, 5) is 16.2. The minimum absolute atomic E-state index is 0.0403. The van der Waals surface area contributed by atoms with Crippen molar-refractivity contribution in [3.8, 4) is 0 Å². The molecule has 0 radical (unpaired) electrons. The van der Waals surface area contributed by atoms with Crippen molar-refractivity contribution >= 4 is 23.4 Å². The minimum Gasteiger partial charge on any atom is -0.325 e. The molecule has 2 N–H and O–H groups in total. The highest BCUT2D eigenvalue weighted by Crippen LogP contribution is 2.24. The fraction of sp³-hybridized carbons (Fsp3) is 0.357. The maximum absolute atomic E-state index is 12.2. The first-order chi connectivity index (χ1) is 9.47. The molecule has 0 unspecified atom stereocenters. The Hall–Kier alpha value is -1.82. The average molecular weight is 290 g/mol. The van der Waals surface area contributed by atoms with E-state index >= 15 is 0 Å². The molecule has 106 valence electrons. The Morgan fingerprint density at radius 2 is 1.95 bits per heavy atom. The second-order valence-corrected chi connectivity index (χ2v) is 6.14. The van der Waals surface area contributed by atoms with Crippen LogP contribution in [-0.2, 0) is 4.79 Å². The quantitative estimate of drug-likeness (QED) is 0.849. The van der Waals surface area contributed by atoms with E-state index in [0.717, 1.165) is 16.8 Å². The van der Waals surface area contributed by atoms with Crippen molar-refractivity contribution in [2.24, 2.45) is 0 Å². The Bertz CT molecular complexity index is 587. The van der Waals surface area contributed by atoms with Crippen molar-refractivity contribution in [1.29, 1.82) is 0 Å². The Labute approximate surface area is 122 Å². The second-order valence-electron chi connectivity index (χ2n) is 4.81. The fourth-order valence-electron chi connectivity index (χ4n) is 2.07. The van der Waals surface area contributed by atoms with Gasteiger partial charge < -0.3 is 5.32 Å². The zero-order valence-electron chi connectivity index (χ0n) is 12.0. The summed E-state index contributed by atoms with van der Waals surface area (Å²) >= 11 is 1.35. The molecule has 0 saturated carbocycles. The standard InChI is InChI=1S/C14H18N4OS/c1-8-5-9(2)12(10(3)6-8)17-13(19)11(4)20-14-15-7-16-18-14/h5-7,11H,1-4H3,(H,17,19)(H,15,16,18)/t11-/m1/s1. The highest BCUT2D eigenvalue weighted by Gasteiger charge is 2.17. The van der Waals surface area contributed by atoms with Gasteiger partial charge in [0.05, 0.1) is 5.25 Å². The number of carbonyl (C=O) groups excluding carboxylic acids is 1. The Morgan fingerprint density at radius 1 is 1.30 bits per heavy atom. The zero-order valence-corrected chi connectivity index (χ0v) is 12.8. The summed E-state index contributed by atoms with van der Waals surface area (Å²) in [5.74, 6) is -0.0403. The number of thioether (sulfide) groups is 1. The number of amides is 1. The van der Waals surface area contributed by atoms with Crippen molar-refractivity contribution in [1.82, 2.24) is 15.2 Å². The van der Waals surface area contributed by atoms with Crippen LogP contribution < -0.4 is 5.32 Å². The van der Waals surface area contributed by atoms with Gasteiger partial charge >= 0.3 is 0 Å². The summed E-state index contributed by atoms with van der Waals surface area (Å²) in [6.07, 6.45) is 1.43. The number of nitrogens with zero attached hydrogens (tertiary/aromatic N) is 2. The summed E-state index contributed by atoms with van der Waals surface area (Å²) in [5.41, 5.74) is 4.24. The molecular formula is C14H18N4OS. The van der Waals surface area contributed by atoms with Gasteiger partial charge in [-0.15, -0.1) is 0 Å². The summed E-state index contributed by atoms with van der Waals surface area (Å²) < 4.78 is 0. The second kappa shape index (κ2) is 6.09. The number of hydrogen-bond acceptors (Lipinski definition) is 4. The summed E-state index contributed by atoms with van der Waals surface area (Å²) in [5, 5.41) is 9.90. The lowest BCUT2D eigenvalue weighted by Crippen LogP contribution is -2.23. The van der Waals surface area contributed by atoms with E-state index in [2.05, 4.69) is 32.6 Å². The average Bonchev–Trinajstić information content (AvgIpc) is 2.86. The van der Waals surface area contributed by atoms with E-state index in [-0.39, 0.29) is 11.2 Å². The molecule has 20 heavy (non-hydrogen) atoms. The van der Waals surface area contributed by atoms with Gasteiger partial charge in [0.15, 0.2) is 5.16 Å². The van der Waals surface area contributed by atoms with E-state index < -0.39 is 0 Å². The van der Waals surface area contributed by atoms with Gasteiger partial charge in [-0.25, -0.2) is 4.98 Å². The van der Waals surface area contributed by atoms with Crippen LogP contribution in [0.25, 0.3) is 0 Å². The largest absolute Gasteiger partial charge is 0.325 e. The van der Waals surface area contributed by atoms with Crippen LogP contribution in [0.1, 0.15) is 23.6 Å². The van der Waals surface area contributed by atoms with Gasteiger partial charge in [-0.2, -0.15) is 5.10 Å². The number of hydrogen-bond donors (Lipinski definition) is 2. The number of aromatic amines is 1. The number of benzene rings is 1. The Morgan fingerprint density at radius 3 is 2.50 bits per heavy atom. The summed E-state index contributed by atoms with van der Waals surface area (Å²) in [6.45, 7) is 7.91. The third-order valence-corrected chi connectivity index (χ3v) is 3.96. The van der Waals surface area contributed by atoms with Gasteiger partial charge in [0.1, 0.15) is 6.33 Å². The molecular weight excluding hydrogens is 272 g/mol. The normalized spacial score (nSPS) is 12.2. The SMILES string of the molecule is Cc1cc(C)c(NC(=O)[C@@H](C)Sc2ncn[nH]2)c(C)c1. The van der Waals surface area contributed by atoms with Crippen LogP contribution in [0.3, 0.4) is 0 Å². The number of anilines is 1. The van der Waals surface area contributed by atoms with Crippen molar-refractivity contribution in [3.63, 3.8) is 0 Å². The number of aromatic nitrogens is 3. The first-order valence-electron chi connectivity index (χ1n) is 6.38. The van der Waals surface area contributed by atoms with Gasteiger partial charge in [0, 0.05) is 5.69 Å². The van der Waals surface area contributed by atoms with Crippen molar-refractivity contribution in [2.45, 2.75) is 38.1 Å². The summed E-state index contributed by atoms with van der Waals surface area (Å²) in [6, 6.07) is 4.13. The van der Waals surface area contributed by atoms with E-state index in [1.165, 1.54) is 23.7 Å². The predicted octanol–water partition coefficient (Wildman–Crippen LogP) is 2.85. The fourth-order valence-corrected chi connectivity index (χ4v) is 2.79. The third-order valence-electron chi connectivity index (χ3n) is 2.98. The van der Waals surface area contributed by atoms with Crippen LogP contribution in [0.4, 0.5) is 5.69 Å². The molecule has 0 saturated heterocycles. The molecule has 2 rings (SSSR count). The molecule has 0 fully saturated rings. The first kappa shape index (κ1) is 14.6. The van der Waals surface area contributed by atoms with Gasteiger partial charge in [0.25, 0.3) is 0 Å². The van der Waals surface area contributed by atoms with Crippen LogP contribution in [0, 0.1) is 20.8 Å². The van der Waals surface area contributed by atoms with Gasteiger partial charge in [-0.3, -0.25) is 9.89 Å². The van der Waals surface area contributed by atoms with Crippen LogP contribution in [0.5, 0.6) is 0 Å². The topological polar surface area (TPSA) is 70.7 Å². The van der Waals surface area contributed by atoms with Crippen LogP contribution >= 0.6 is 11.8 Å². The van der Waals surface area contributed by atoms with E-state index in [1.54, 1.807) is 0 Å². The smallest absolute Gasteiger partial charge is 0.237 e. The molecule has 1 amide bonds. The highest BCUT2D eigenvalue weighted by atomic mass is 32.2. The lowest BCUT2D eigenvalue weighted by atomic mass is 10.1. The van der Waals surface area contributed by atoms with Gasteiger partial charge in [-0.1, -0.05) is 29.5 Å². The Balaban J connectivity index is 2.08. The van der Waals surface area contributed by atoms with Gasteiger partial charge in [-0.05, 0) is 38.8 Å². The van der Waals surface area contributed by atoms with Crippen molar-refractivity contribution in [2.75, 3.05) is 5.32 Å². The van der Waals surface area contributed by atoms with Crippen LogP contribution in [-0.4, -0.2) is 26.3 Å². The minimum atomic E-state index is -0.247. The van der Waals surface area contributed by atoms with Crippen molar-refractivity contribution < 1.29 is 4.79 Å². The van der Waals surface area contributed by atoms with E-state index in [9.17, 15) is 4.79 Å². The van der Waals surface area contributed by atoms with Crippen LogP contribution in [0.2, 0.25) is 0 Å². The van der Waals surface area contributed by atoms with E-state index in [0.29, 0.717) is 5.16 Å². The number of carbonyl (C=O) groups is 1. The molecule has 0 aliphatic rings. The predicted molar refractivity (Wildman–Crippen MR) is 81.0 cm³/mol. The third kappa shape index (κ3) is 3.39. The molecule has 5 nitrogen and oxygen atoms in total. The van der Waals surface area contributed by atoms with Gasteiger partial charge in [0.2, 0.25) is 5.91 Å². The molecule has 1 heterocycles. The zero-order chi connectivity index (χ0) is 14.7. The molecule has 1 aromatic carbocycles. The Kier molecular flexibility index (Phi) is 4.44. The monoisotopic (exact) mass is 290 g/mol. The van der Waals surface area contributed by atoms with Crippen molar-refractivity contribution in [3.05, 3.63) is 35.2 Å². The maximum atomic E-state index is 12.2. The number of aryl methyl sites for hydroxylation is 3. The highest BCUT2D eigenvalue weighted by molar-refractivity contribution is 8.00. The molecule has 1 aromatic heterocycles. The summed E-state index contributed by atoms with van der Waals surface area (Å²) in [7, 11) is 0. The lowest BCUT2D eigenvalue weighted by Gasteiger charge is -2.15. The molecule has 6 heteroatoms.